The predicted molar refractivity (Wildman–Crippen MR) is 107 cm³/mol. The number of rotatable bonds is 5. The van der Waals surface area contributed by atoms with Crippen LogP contribution in [-0.4, -0.2) is 57.2 Å². The van der Waals surface area contributed by atoms with Crippen molar-refractivity contribution >= 4 is 11.6 Å². The van der Waals surface area contributed by atoms with Gasteiger partial charge in [-0.15, -0.1) is 0 Å². The fourth-order valence-electron chi connectivity index (χ4n) is 4.11. The molecule has 1 aromatic rings. The van der Waals surface area contributed by atoms with Crippen molar-refractivity contribution in [3.05, 3.63) is 29.3 Å². The number of likely N-dealkylation sites (tertiary alicyclic amines) is 1. The third-order valence-electron chi connectivity index (χ3n) is 5.59. The van der Waals surface area contributed by atoms with Crippen molar-refractivity contribution in [2.45, 2.75) is 45.2 Å². The molecule has 0 radical (unpaired) electrons. The zero-order valence-electron chi connectivity index (χ0n) is 16.0. The number of aliphatic imine (C=N–C) groups is 1. The van der Waals surface area contributed by atoms with Crippen LogP contribution in [0.2, 0.25) is 0 Å². The van der Waals surface area contributed by atoms with Gasteiger partial charge in [0.15, 0.2) is 5.96 Å². The van der Waals surface area contributed by atoms with Gasteiger partial charge in [-0.05, 0) is 56.0 Å². The van der Waals surface area contributed by atoms with Gasteiger partial charge in [0.25, 0.3) is 0 Å². The van der Waals surface area contributed by atoms with E-state index in [0.29, 0.717) is 6.04 Å². The van der Waals surface area contributed by atoms with Crippen molar-refractivity contribution in [2.75, 3.05) is 45.2 Å². The molecule has 5 nitrogen and oxygen atoms in total. The van der Waals surface area contributed by atoms with Crippen LogP contribution in [0.1, 0.15) is 37.3 Å². The lowest BCUT2D eigenvalue weighted by atomic mass is 9.99. The normalized spacial score (nSPS) is 21.3. The summed E-state index contributed by atoms with van der Waals surface area (Å²) in [6.45, 7) is 7.58. The zero-order valence-corrected chi connectivity index (χ0v) is 16.0. The van der Waals surface area contributed by atoms with E-state index in [2.05, 4.69) is 57.6 Å². The molecule has 1 unspecified atom stereocenters. The number of anilines is 1. The summed E-state index contributed by atoms with van der Waals surface area (Å²) in [6, 6.07) is 7.49. The average molecular weight is 344 g/mol. The molecule has 0 spiro atoms. The summed E-state index contributed by atoms with van der Waals surface area (Å²) in [4.78, 5) is 9.30. The van der Waals surface area contributed by atoms with Crippen LogP contribution in [0.3, 0.4) is 0 Å². The minimum Gasteiger partial charge on any atom is -0.374 e. The van der Waals surface area contributed by atoms with Crippen molar-refractivity contribution in [3.63, 3.8) is 0 Å². The van der Waals surface area contributed by atoms with E-state index < -0.39 is 0 Å². The number of nitrogens with zero attached hydrogens (tertiary/aromatic N) is 3. The molecule has 2 N–H and O–H groups in total. The fourth-order valence-corrected chi connectivity index (χ4v) is 4.11. The molecule has 1 saturated heterocycles. The number of nitrogens with one attached hydrogen (secondary N) is 2. The standard InChI is InChI=1S/C20H33N5/c1-4-25-12-6-8-18(25)15-23-20(21-2)22-14-16-9-10-19-17(13-16)7-5-11-24(19)3/h9-10,13,18H,4-8,11-12,14-15H2,1-3H3,(H2,21,22,23). The molecule has 25 heavy (non-hydrogen) atoms. The first kappa shape index (κ1) is 18.1. The molecule has 0 aromatic heterocycles. The summed E-state index contributed by atoms with van der Waals surface area (Å²) < 4.78 is 0. The number of benzene rings is 1. The number of aryl methyl sites for hydroxylation is 1. The molecule has 1 fully saturated rings. The van der Waals surface area contributed by atoms with Crippen molar-refractivity contribution in [3.8, 4) is 0 Å². The van der Waals surface area contributed by atoms with Crippen molar-refractivity contribution in [1.29, 1.82) is 0 Å². The first-order valence-corrected chi connectivity index (χ1v) is 9.72. The minimum atomic E-state index is 0.642. The largest absolute Gasteiger partial charge is 0.374 e. The second kappa shape index (κ2) is 8.56. The number of guanidine groups is 1. The lowest BCUT2D eigenvalue weighted by Crippen LogP contribution is -2.44. The molecule has 3 rings (SSSR count). The highest BCUT2D eigenvalue weighted by atomic mass is 15.2. The van der Waals surface area contributed by atoms with E-state index in [1.807, 2.05) is 7.05 Å². The summed E-state index contributed by atoms with van der Waals surface area (Å²) in [5, 5.41) is 6.97. The van der Waals surface area contributed by atoms with Crippen LogP contribution in [0.4, 0.5) is 5.69 Å². The van der Waals surface area contributed by atoms with Gasteiger partial charge in [0.2, 0.25) is 0 Å². The van der Waals surface area contributed by atoms with E-state index in [1.54, 1.807) is 0 Å². The zero-order chi connectivity index (χ0) is 17.6. The van der Waals surface area contributed by atoms with Crippen LogP contribution in [0.5, 0.6) is 0 Å². The molecular formula is C20H33N5. The molecule has 2 aliphatic heterocycles. The number of likely N-dealkylation sites (N-methyl/N-ethyl adjacent to an activating group) is 1. The minimum absolute atomic E-state index is 0.642. The highest BCUT2D eigenvalue weighted by Crippen LogP contribution is 2.26. The second-order valence-electron chi connectivity index (χ2n) is 7.22. The number of hydrogen-bond acceptors (Lipinski definition) is 3. The van der Waals surface area contributed by atoms with E-state index in [-0.39, 0.29) is 0 Å². The summed E-state index contributed by atoms with van der Waals surface area (Å²) in [6.07, 6.45) is 5.04. The molecule has 1 atom stereocenters. The molecule has 0 saturated carbocycles. The van der Waals surface area contributed by atoms with E-state index in [9.17, 15) is 0 Å². The Bertz CT molecular complexity index is 598. The van der Waals surface area contributed by atoms with E-state index in [0.717, 1.165) is 32.1 Å². The van der Waals surface area contributed by atoms with Crippen molar-refractivity contribution in [1.82, 2.24) is 15.5 Å². The molecule has 0 amide bonds. The molecule has 1 aromatic carbocycles. The Morgan fingerprint density at radius 3 is 2.92 bits per heavy atom. The maximum atomic E-state index is 4.38. The third-order valence-corrected chi connectivity index (χ3v) is 5.59. The smallest absolute Gasteiger partial charge is 0.191 e. The van der Waals surface area contributed by atoms with Gasteiger partial charge in [0.1, 0.15) is 0 Å². The maximum Gasteiger partial charge on any atom is 0.191 e. The summed E-state index contributed by atoms with van der Waals surface area (Å²) >= 11 is 0. The number of hydrogen-bond donors (Lipinski definition) is 2. The Labute approximate surface area is 152 Å². The van der Waals surface area contributed by atoms with Gasteiger partial charge in [0, 0.05) is 45.5 Å². The quantitative estimate of drug-likeness (QED) is 0.635. The Morgan fingerprint density at radius 1 is 1.24 bits per heavy atom. The first-order chi connectivity index (χ1) is 12.2. The van der Waals surface area contributed by atoms with Crippen LogP contribution < -0.4 is 15.5 Å². The van der Waals surface area contributed by atoms with Crippen LogP contribution in [0.15, 0.2) is 23.2 Å². The maximum absolute atomic E-state index is 4.38. The van der Waals surface area contributed by atoms with Gasteiger partial charge >= 0.3 is 0 Å². The van der Waals surface area contributed by atoms with Crippen LogP contribution in [0.25, 0.3) is 0 Å². The molecule has 2 aliphatic rings. The van der Waals surface area contributed by atoms with Gasteiger partial charge in [-0.3, -0.25) is 9.89 Å². The topological polar surface area (TPSA) is 42.9 Å². The van der Waals surface area contributed by atoms with Crippen LogP contribution in [-0.2, 0) is 13.0 Å². The Morgan fingerprint density at radius 2 is 2.12 bits per heavy atom. The SMILES string of the molecule is CCN1CCCC1CNC(=NC)NCc1ccc2c(c1)CCCN2C. The first-order valence-electron chi connectivity index (χ1n) is 9.72. The van der Waals surface area contributed by atoms with E-state index >= 15 is 0 Å². The Balaban J connectivity index is 1.51. The lowest BCUT2D eigenvalue weighted by Gasteiger charge is -2.28. The number of fused-ring (bicyclic) bond motifs is 1. The van der Waals surface area contributed by atoms with Gasteiger partial charge in [-0.25, -0.2) is 0 Å². The van der Waals surface area contributed by atoms with Crippen molar-refractivity contribution in [2.24, 2.45) is 4.99 Å². The molecule has 5 heteroatoms. The van der Waals surface area contributed by atoms with E-state index in [4.69, 9.17) is 0 Å². The van der Waals surface area contributed by atoms with E-state index in [1.165, 1.54) is 49.0 Å². The highest BCUT2D eigenvalue weighted by Gasteiger charge is 2.22. The third kappa shape index (κ3) is 4.46. The molecule has 0 bridgehead atoms. The average Bonchev–Trinajstić information content (AvgIpc) is 3.09. The molecule has 2 heterocycles. The highest BCUT2D eigenvalue weighted by molar-refractivity contribution is 5.79. The molecular weight excluding hydrogens is 310 g/mol. The predicted octanol–water partition coefficient (Wildman–Crippen LogP) is 2.22. The van der Waals surface area contributed by atoms with Gasteiger partial charge in [0.05, 0.1) is 0 Å². The monoisotopic (exact) mass is 343 g/mol. The van der Waals surface area contributed by atoms with Crippen LogP contribution >= 0.6 is 0 Å². The summed E-state index contributed by atoms with van der Waals surface area (Å²) in [5.74, 6) is 0.901. The molecule has 138 valence electrons. The summed E-state index contributed by atoms with van der Waals surface area (Å²) in [5.41, 5.74) is 4.19. The second-order valence-corrected chi connectivity index (χ2v) is 7.22. The van der Waals surface area contributed by atoms with Gasteiger partial charge < -0.3 is 15.5 Å². The molecule has 0 aliphatic carbocycles. The van der Waals surface area contributed by atoms with Gasteiger partial charge in [-0.2, -0.15) is 0 Å². The van der Waals surface area contributed by atoms with Gasteiger partial charge in [-0.1, -0.05) is 19.1 Å². The lowest BCUT2D eigenvalue weighted by molar-refractivity contribution is 0.267. The van der Waals surface area contributed by atoms with Crippen molar-refractivity contribution < 1.29 is 0 Å². The van der Waals surface area contributed by atoms with Crippen LogP contribution in [0, 0.1) is 0 Å². The summed E-state index contributed by atoms with van der Waals surface area (Å²) in [7, 11) is 4.04. The Kier molecular flexibility index (Phi) is 6.19. The Hall–Kier alpha value is -1.75. The fraction of sp³-hybridized carbons (Fsp3) is 0.650.